The van der Waals surface area contributed by atoms with Crippen LogP contribution in [-0.4, -0.2) is 55.7 Å². The number of nitrogens with zero attached hydrogens (tertiary/aromatic N) is 1. The van der Waals surface area contributed by atoms with Crippen LogP contribution in [0, 0.1) is 0 Å². The van der Waals surface area contributed by atoms with Crippen molar-refractivity contribution in [2.75, 3.05) is 26.9 Å². The lowest BCUT2D eigenvalue weighted by Gasteiger charge is -2.29. The number of carbonyl (C=O) groups excluding carboxylic acids is 2. The highest BCUT2D eigenvalue weighted by Crippen LogP contribution is 2.16. The normalized spacial score (nSPS) is 11.7. The highest BCUT2D eigenvalue weighted by Gasteiger charge is 2.26. The number of para-hydroxylation sites is 1. The Hall–Kier alpha value is -3.06. The number of rotatable bonds is 13. The number of carbonyl (C=O) groups is 2. The van der Waals surface area contributed by atoms with Gasteiger partial charge in [0.15, 0.2) is 6.61 Å². The summed E-state index contributed by atoms with van der Waals surface area (Å²) in [6.45, 7) is 6.87. The molecule has 0 aliphatic rings. The smallest absolute Gasteiger partial charge is 0.261 e. The molecule has 2 aromatic carbocycles. The van der Waals surface area contributed by atoms with Crippen molar-refractivity contribution in [2.24, 2.45) is 0 Å². The van der Waals surface area contributed by atoms with Gasteiger partial charge in [0, 0.05) is 19.7 Å². The van der Waals surface area contributed by atoms with E-state index in [-0.39, 0.29) is 31.1 Å². The maximum Gasteiger partial charge on any atom is 0.261 e. The summed E-state index contributed by atoms with van der Waals surface area (Å²) in [7, 11) is 1.60. The maximum atomic E-state index is 13.0. The first-order valence-corrected chi connectivity index (χ1v) is 10.9. The zero-order chi connectivity index (χ0) is 23.3. The number of nitrogens with one attached hydrogen (secondary N) is 1. The van der Waals surface area contributed by atoms with Gasteiger partial charge in [0.2, 0.25) is 5.91 Å². The third-order valence-electron chi connectivity index (χ3n) is 4.86. The molecule has 2 rings (SSSR count). The van der Waals surface area contributed by atoms with E-state index < -0.39 is 6.04 Å². The first kappa shape index (κ1) is 25.2. The molecule has 2 aromatic rings. The van der Waals surface area contributed by atoms with Crippen molar-refractivity contribution < 1.29 is 23.8 Å². The Bertz CT molecular complexity index is 824. The fraction of sp³-hybridized carbons (Fsp3) is 0.440. The van der Waals surface area contributed by atoms with Crippen molar-refractivity contribution in [1.82, 2.24) is 10.2 Å². The van der Waals surface area contributed by atoms with Crippen LogP contribution in [0.1, 0.15) is 32.8 Å². The lowest BCUT2D eigenvalue weighted by Crippen LogP contribution is -2.49. The topological polar surface area (TPSA) is 77.1 Å². The molecule has 1 unspecified atom stereocenters. The van der Waals surface area contributed by atoms with Gasteiger partial charge in [-0.25, -0.2) is 0 Å². The summed E-state index contributed by atoms with van der Waals surface area (Å²) < 4.78 is 16.3. The first-order chi connectivity index (χ1) is 15.4. The Kier molecular flexibility index (Phi) is 10.5. The second-order valence-electron chi connectivity index (χ2n) is 7.71. The van der Waals surface area contributed by atoms with Crippen molar-refractivity contribution in [1.29, 1.82) is 0 Å². The molecular weight excluding hydrogens is 408 g/mol. The van der Waals surface area contributed by atoms with E-state index >= 15 is 0 Å². The van der Waals surface area contributed by atoms with Gasteiger partial charge in [0.05, 0.1) is 13.2 Å². The molecule has 0 heterocycles. The number of ether oxygens (including phenoxy) is 3. The van der Waals surface area contributed by atoms with Crippen LogP contribution in [-0.2, 0) is 20.9 Å². The molecule has 7 nitrogen and oxygen atoms in total. The van der Waals surface area contributed by atoms with Crippen molar-refractivity contribution in [3.8, 4) is 11.5 Å². The van der Waals surface area contributed by atoms with Gasteiger partial charge in [-0.3, -0.25) is 9.59 Å². The van der Waals surface area contributed by atoms with Gasteiger partial charge in [-0.15, -0.1) is 0 Å². The molecule has 1 N–H and O–H groups in total. The van der Waals surface area contributed by atoms with Crippen LogP contribution in [0.15, 0.2) is 54.6 Å². The van der Waals surface area contributed by atoms with Crippen molar-refractivity contribution in [3.05, 3.63) is 60.2 Å². The van der Waals surface area contributed by atoms with Crippen LogP contribution in [0.25, 0.3) is 0 Å². The zero-order valence-electron chi connectivity index (χ0n) is 19.4. The second kappa shape index (κ2) is 13.4. The van der Waals surface area contributed by atoms with Gasteiger partial charge < -0.3 is 24.4 Å². The highest BCUT2D eigenvalue weighted by atomic mass is 16.5. The fourth-order valence-electron chi connectivity index (χ4n) is 3.01. The summed E-state index contributed by atoms with van der Waals surface area (Å²) in [6, 6.07) is 15.9. The molecule has 0 aliphatic carbocycles. The van der Waals surface area contributed by atoms with E-state index in [0.29, 0.717) is 25.3 Å². The number of amides is 2. The molecule has 1 atom stereocenters. The van der Waals surface area contributed by atoms with Crippen LogP contribution >= 0.6 is 0 Å². The molecule has 32 heavy (non-hydrogen) atoms. The molecule has 0 saturated heterocycles. The first-order valence-electron chi connectivity index (χ1n) is 10.9. The highest BCUT2D eigenvalue weighted by molar-refractivity contribution is 5.87. The van der Waals surface area contributed by atoms with Crippen LogP contribution in [0.5, 0.6) is 11.5 Å². The van der Waals surface area contributed by atoms with Crippen LogP contribution in [0.3, 0.4) is 0 Å². The van der Waals surface area contributed by atoms with Crippen LogP contribution in [0.4, 0.5) is 0 Å². The van der Waals surface area contributed by atoms with E-state index in [1.54, 1.807) is 26.2 Å². The zero-order valence-corrected chi connectivity index (χ0v) is 19.4. The summed E-state index contributed by atoms with van der Waals surface area (Å²) in [6.07, 6.45) is 0.868. The fourth-order valence-corrected chi connectivity index (χ4v) is 3.01. The largest absolute Gasteiger partial charge is 0.497 e. The van der Waals surface area contributed by atoms with E-state index in [1.807, 2.05) is 56.3 Å². The number of methoxy groups -OCH3 is 1. The molecule has 0 bridgehead atoms. The van der Waals surface area contributed by atoms with Gasteiger partial charge in [-0.05, 0) is 57.0 Å². The van der Waals surface area contributed by atoms with Crippen molar-refractivity contribution >= 4 is 11.8 Å². The summed E-state index contributed by atoms with van der Waals surface area (Å²) in [5, 5.41) is 2.90. The number of hydrogen-bond acceptors (Lipinski definition) is 5. The Morgan fingerprint density at radius 2 is 1.66 bits per heavy atom. The van der Waals surface area contributed by atoms with Gasteiger partial charge >= 0.3 is 0 Å². The summed E-state index contributed by atoms with van der Waals surface area (Å²) >= 11 is 0. The van der Waals surface area contributed by atoms with Crippen molar-refractivity contribution in [2.45, 2.75) is 45.9 Å². The predicted octanol–water partition coefficient (Wildman–Crippen LogP) is 3.42. The van der Waals surface area contributed by atoms with E-state index in [2.05, 4.69) is 5.32 Å². The average Bonchev–Trinajstić information content (AvgIpc) is 2.81. The molecular formula is C25H34N2O5. The van der Waals surface area contributed by atoms with E-state index in [4.69, 9.17) is 14.2 Å². The minimum atomic E-state index is -0.657. The van der Waals surface area contributed by atoms with E-state index in [9.17, 15) is 9.59 Å². The molecule has 0 aliphatic heterocycles. The molecule has 0 radical (unpaired) electrons. The third-order valence-corrected chi connectivity index (χ3v) is 4.86. The van der Waals surface area contributed by atoms with E-state index in [0.717, 1.165) is 11.3 Å². The quantitative estimate of drug-likeness (QED) is 0.481. The lowest BCUT2D eigenvalue weighted by molar-refractivity contribution is -0.142. The number of hydrogen-bond donors (Lipinski definition) is 1. The Morgan fingerprint density at radius 1 is 0.969 bits per heavy atom. The standard InChI is InChI=1S/C25H34N2O5/c1-19(2)31-16-8-15-26-25(29)20(3)27(17-21-11-13-22(30-4)14-12-21)24(28)18-32-23-9-6-5-7-10-23/h5-7,9-14,19-20H,8,15-18H2,1-4H3,(H,26,29). The van der Waals surface area contributed by atoms with Gasteiger partial charge in [-0.2, -0.15) is 0 Å². The molecule has 0 saturated carbocycles. The van der Waals surface area contributed by atoms with Crippen LogP contribution in [0.2, 0.25) is 0 Å². The molecule has 0 fully saturated rings. The van der Waals surface area contributed by atoms with Crippen LogP contribution < -0.4 is 14.8 Å². The van der Waals surface area contributed by atoms with Gasteiger partial charge in [-0.1, -0.05) is 30.3 Å². The SMILES string of the molecule is COc1ccc(CN(C(=O)COc2ccccc2)C(C)C(=O)NCCCOC(C)C)cc1. The molecule has 174 valence electrons. The summed E-state index contributed by atoms with van der Waals surface area (Å²) in [4.78, 5) is 27.3. The Balaban J connectivity index is 2.02. The molecule has 7 heteroatoms. The minimum absolute atomic E-state index is 0.153. The number of benzene rings is 2. The molecule has 0 aromatic heterocycles. The third kappa shape index (κ3) is 8.59. The Labute approximate surface area is 190 Å². The Morgan fingerprint density at radius 3 is 2.28 bits per heavy atom. The molecule has 2 amide bonds. The van der Waals surface area contributed by atoms with Gasteiger partial charge in [0.1, 0.15) is 17.5 Å². The maximum absolute atomic E-state index is 13.0. The van der Waals surface area contributed by atoms with Gasteiger partial charge in [0.25, 0.3) is 5.91 Å². The average molecular weight is 443 g/mol. The second-order valence-corrected chi connectivity index (χ2v) is 7.71. The summed E-state index contributed by atoms with van der Waals surface area (Å²) in [5.41, 5.74) is 0.892. The van der Waals surface area contributed by atoms with Crippen molar-refractivity contribution in [3.63, 3.8) is 0 Å². The monoisotopic (exact) mass is 442 g/mol. The molecule has 0 spiro atoms. The summed E-state index contributed by atoms with van der Waals surface area (Å²) in [5.74, 6) is 0.854. The lowest BCUT2D eigenvalue weighted by atomic mass is 10.1. The predicted molar refractivity (Wildman–Crippen MR) is 124 cm³/mol. The van der Waals surface area contributed by atoms with E-state index in [1.165, 1.54) is 4.90 Å². The minimum Gasteiger partial charge on any atom is -0.497 e.